The zero-order chi connectivity index (χ0) is 47.7. The lowest BCUT2D eigenvalue weighted by Crippen LogP contribution is -2.29. The number of fused-ring (bicyclic) bond motifs is 18. The molecule has 0 fully saturated rings. The van der Waals surface area contributed by atoms with Gasteiger partial charge in [-0.2, -0.15) is 0 Å². The Bertz CT molecular complexity index is 4120. The van der Waals surface area contributed by atoms with E-state index in [0.29, 0.717) is 0 Å². The fourth-order valence-corrected chi connectivity index (χ4v) is 13.2. The van der Waals surface area contributed by atoms with Gasteiger partial charge in [-0.15, -0.1) is 0 Å². The van der Waals surface area contributed by atoms with Gasteiger partial charge in [0.25, 0.3) is 0 Å². The molecule has 0 aliphatic heterocycles. The SMILES string of the molecule is CC1(C)c2ccccc2-c2ccc(N(c3ccc(-c4cccc5c4-c4ccccc4C54c5ccccc5-c5ccccc5-c5ccccc54)cc3)c3ccc(-c4cccc5c4oc4ccccc45)cc3)cc21. The summed E-state index contributed by atoms with van der Waals surface area (Å²) in [7, 11) is 0. The highest BCUT2D eigenvalue weighted by molar-refractivity contribution is 6.09. The average molecular weight is 918 g/mol. The third-order valence-electron chi connectivity index (χ3n) is 16.3. The minimum atomic E-state index is -0.534. The minimum absolute atomic E-state index is 0.144. The van der Waals surface area contributed by atoms with Crippen LogP contribution in [0.5, 0.6) is 0 Å². The molecule has 0 atom stereocenters. The lowest BCUT2D eigenvalue weighted by Gasteiger charge is -2.35. The van der Waals surface area contributed by atoms with E-state index in [1.807, 2.05) is 6.07 Å². The molecule has 3 aliphatic rings. The van der Waals surface area contributed by atoms with Crippen LogP contribution in [-0.4, -0.2) is 0 Å². The number of benzene rings is 11. The number of rotatable bonds is 5. The van der Waals surface area contributed by atoms with Gasteiger partial charge in [0, 0.05) is 38.8 Å². The molecule has 338 valence electrons. The van der Waals surface area contributed by atoms with E-state index in [1.54, 1.807) is 0 Å². The molecule has 72 heavy (non-hydrogen) atoms. The van der Waals surface area contributed by atoms with Gasteiger partial charge in [-0.3, -0.25) is 0 Å². The second-order valence-electron chi connectivity index (χ2n) is 20.3. The van der Waals surface area contributed by atoms with Crippen molar-refractivity contribution in [1.82, 2.24) is 0 Å². The first-order valence-electron chi connectivity index (χ1n) is 25.2. The Labute approximate surface area is 419 Å². The number of anilines is 3. The van der Waals surface area contributed by atoms with Gasteiger partial charge in [-0.05, 0) is 137 Å². The molecular formula is C70H47NO. The van der Waals surface area contributed by atoms with E-state index < -0.39 is 5.41 Å². The molecule has 1 heterocycles. The van der Waals surface area contributed by atoms with Crippen LogP contribution in [0.3, 0.4) is 0 Å². The van der Waals surface area contributed by atoms with E-state index >= 15 is 0 Å². The van der Waals surface area contributed by atoms with Crippen LogP contribution in [0.1, 0.15) is 47.2 Å². The van der Waals surface area contributed by atoms with Crippen LogP contribution >= 0.6 is 0 Å². The van der Waals surface area contributed by atoms with E-state index in [9.17, 15) is 0 Å². The smallest absolute Gasteiger partial charge is 0.143 e. The van der Waals surface area contributed by atoms with Crippen molar-refractivity contribution in [2.24, 2.45) is 0 Å². The number of hydrogen-bond donors (Lipinski definition) is 0. The molecule has 0 saturated carbocycles. The molecule has 12 aromatic rings. The normalized spacial score (nSPS) is 13.9. The largest absolute Gasteiger partial charge is 0.455 e. The Morgan fingerprint density at radius 2 is 0.736 bits per heavy atom. The second kappa shape index (κ2) is 15.3. The van der Waals surface area contributed by atoms with Crippen molar-refractivity contribution in [3.05, 3.63) is 282 Å². The van der Waals surface area contributed by atoms with Crippen molar-refractivity contribution in [3.63, 3.8) is 0 Å². The summed E-state index contributed by atoms with van der Waals surface area (Å²) in [6.45, 7) is 4.72. The standard InChI is InChI=1S/C70H47NO/c1-69(2)60-27-10-5-21-55(60)56-42-41-48(43-65(56)69)71(47-39-35-45(36-40-47)50-25-15-26-58-57-22-9-14-32-66(57)72-68(50)58)46-37-33-44(34-38-46)49-24-16-31-64-67(49)59-23-8-13-30-63(59)70(64)61-28-11-6-19-53(61)51-17-3-4-18-52(51)54-20-7-12-29-62(54)70/h3-43H,1-2H3. The molecule has 0 amide bonds. The number of nitrogens with zero attached hydrogens (tertiary/aromatic N) is 1. The van der Waals surface area contributed by atoms with Crippen molar-refractivity contribution in [2.75, 3.05) is 4.90 Å². The number of hydrogen-bond acceptors (Lipinski definition) is 2. The Morgan fingerprint density at radius 1 is 0.306 bits per heavy atom. The second-order valence-corrected chi connectivity index (χ2v) is 20.3. The first-order chi connectivity index (χ1) is 35.5. The van der Waals surface area contributed by atoms with E-state index in [-0.39, 0.29) is 5.41 Å². The van der Waals surface area contributed by atoms with E-state index in [1.165, 1.54) is 89.0 Å². The highest BCUT2D eigenvalue weighted by Gasteiger charge is 2.50. The molecule has 2 nitrogen and oxygen atoms in total. The predicted molar refractivity (Wildman–Crippen MR) is 299 cm³/mol. The summed E-state index contributed by atoms with van der Waals surface area (Å²) in [6, 6.07) is 92.4. The van der Waals surface area contributed by atoms with Gasteiger partial charge in [-0.1, -0.05) is 220 Å². The summed E-state index contributed by atoms with van der Waals surface area (Å²) in [5.41, 5.74) is 27.3. The fourth-order valence-electron chi connectivity index (χ4n) is 13.2. The lowest BCUT2D eigenvalue weighted by molar-refractivity contribution is 0.660. The van der Waals surface area contributed by atoms with Gasteiger partial charge in [0.1, 0.15) is 11.2 Å². The number of para-hydroxylation sites is 2. The maximum Gasteiger partial charge on any atom is 0.143 e. The van der Waals surface area contributed by atoms with Gasteiger partial charge in [-0.25, -0.2) is 0 Å². The maximum absolute atomic E-state index is 6.51. The topological polar surface area (TPSA) is 16.4 Å². The molecule has 0 N–H and O–H groups in total. The summed E-state index contributed by atoms with van der Waals surface area (Å²) >= 11 is 0. The zero-order valence-electron chi connectivity index (χ0n) is 40.0. The first kappa shape index (κ1) is 40.9. The highest BCUT2D eigenvalue weighted by atomic mass is 16.3. The van der Waals surface area contributed by atoms with E-state index in [2.05, 4.69) is 261 Å². The molecule has 0 radical (unpaired) electrons. The Morgan fingerprint density at radius 3 is 1.39 bits per heavy atom. The summed E-state index contributed by atoms with van der Waals surface area (Å²) in [4.78, 5) is 2.42. The van der Waals surface area contributed by atoms with Crippen LogP contribution in [0.15, 0.2) is 253 Å². The molecule has 3 aliphatic carbocycles. The third-order valence-corrected chi connectivity index (χ3v) is 16.3. The Balaban J connectivity index is 0.889. The molecule has 0 bridgehead atoms. The van der Waals surface area contributed by atoms with Gasteiger partial charge in [0.05, 0.1) is 5.41 Å². The lowest BCUT2D eigenvalue weighted by atomic mass is 9.66. The van der Waals surface area contributed by atoms with Crippen LogP contribution in [-0.2, 0) is 10.8 Å². The van der Waals surface area contributed by atoms with Gasteiger partial charge in [0.2, 0.25) is 0 Å². The van der Waals surface area contributed by atoms with Crippen molar-refractivity contribution in [2.45, 2.75) is 24.7 Å². The van der Waals surface area contributed by atoms with E-state index in [4.69, 9.17) is 4.42 Å². The zero-order valence-corrected chi connectivity index (χ0v) is 40.0. The van der Waals surface area contributed by atoms with E-state index in [0.717, 1.165) is 50.1 Å². The third kappa shape index (κ3) is 5.61. The van der Waals surface area contributed by atoms with Crippen LogP contribution < -0.4 is 4.90 Å². The Hall–Kier alpha value is -8.98. The highest BCUT2D eigenvalue weighted by Crippen LogP contribution is 2.63. The van der Waals surface area contributed by atoms with Crippen molar-refractivity contribution >= 4 is 39.0 Å². The van der Waals surface area contributed by atoms with Crippen LogP contribution in [0.2, 0.25) is 0 Å². The van der Waals surface area contributed by atoms with Crippen LogP contribution in [0, 0.1) is 0 Å². The van der Waals surface area contributed by atoms with Crippen molar-refractivity contribution in [1.29, 1.82) is 0 Å². The molecule has 1 spiro atoms. The molecular weight excluding hydrogens is 871 g/mol. The first-order valence-corrected chi connectivity index (χ1v) is 25.2. The summed E-state index contributed by atoms with van der Waals surface area (Å²) in [6.07, 6.45) is 0. The summed E-state index contributed by atoms with van der Waals surface area (Å²) < 4.78 is 6.51. The average Bonchev–Trinajstić information content (AvgIpc) is 4.02. The van der Waals surface area contributed by atoms with Gasteiger partial charge >= 0.3 is 0 Å². The molecule has 0 saturated heterocycles. The summed E-state index contributed by atoms with van der Waals surface area (Å²) in [5, 5.41) is 2.27. The monoisotopic (exact) mass is 917 g/mol. The number of furan rings is 1. The fraction of sp³-hybridized carbons (Fsp3) is 0.0571. The minimum Gasteiger partial charge on any atom is -0.455 e. The summed E-state index contributed by atoms with van der Waals surface area (Å²) in [5.74, 6) is 0. The van der Waals surface area contributed by atoms with Gasteiger partial charge < -0.3 is 9.32 Å². The molecule has 0 unspecified atom stereocenters. The maximum atomic E-state index is 6.51. The molecule has 2 heteroatoms. The van der Waals surface area contributed by atoms with Crippen molar-refractivity contribution < 1.29 is 4.42 Å². The molecule has 11 aromatic carbocycles. The quantitative estimate of drug-likeness (QED) is 0.171. The molecule has 15 rings (SSSR count). The van der Waals surface area contributed by atoms with Crippen LogP contribution in [0.4, 0.5) is 17.1 Å². The Kier molecular flexibility index (Phi) is 8.66. The van der Waals surface area contributed by atoms with Crippen LogP contribution in [0.25, 0.3) is 88.7 Å². The predicted octanol–water partition coefficient (Wildman–Crippen LogP) is 18.7. The van der Waals surface area contributed by atoms with Crippen molar-refractivity contribution in [3.8, 4) is 66.8 Å². The molecule has 1 aromatic heterocycles. The van der Waals surface area contributed by atoms with Gasteiger partial charge in [0.15, 0.2) is 0 Å².